The van der Waals surface area contributed by atoms with E-state index in [0.29, 0.717) is 0 Å². The molecule has 0 saturated carbocycles. The number of aromatic nitrogens is 3. The lowest BCUT2D eigenvalue weighted by atomic mass is 10.1. The molecule has 8 aromatic rings. The molecule has 0 saturated heterocycles. The van der Waals surface area contributed by atoms with Crippen molar-refractivity contribution < 1.29 is 0 Å². The van der Waals surface area contributed by atoms with Gasteiger partial charge in [-0.05, 0) is 85.6 Å². The first-order valence-electron chi connectivity index (χ1n) is 13.2. The lowest BCUT2D eigenvalue weighted by molar-refractivity contribution is 1.07. The Morgan fingerprint density at radius 1 is 0.590 bits per heavy atom. The van der Waals surface area contributed by atoms with Crippen LogP contribution in [0.2, 0.25) is 0 Å². The Balaban J connectivity index is 1.38. The highest BCUT2D eigenvalue weighted by Gasteiger charge is 2.21. The Kier molecular flexibility index (Phi) is 4.82. The van der Waals surface area contributed by atoms with Crippen LogP contribution in [0, 0.1) is 13.8 Å². The Labute approximate surface area is 230 Å². The van der Waals surface area contributed by atoms with Crippen LogP contribution in [0.25, 0.3) is 65.0 Å². The maximum absolute atomic E-state index is 4.97. The number of benzene rings is 5. The first-order valence-corrected chi connectivity index (χ1v) is 14.1. The molecule has 0 fully saturated rings. The van der Waals surface area contributed by atoms with Crippen LogP contribution >= 0.6 is 11.3 Å². The van der Waals surface area contributed by atoms with Gasteiger partial charge in [0.15, 0.2) is 0 Å². The van der Waals surface area contributed by atoms with Gasteiger partial charge < -0.3 is 0 Å². The lowest BCUT2D eigenvalue weighted by Crippen LogP contribution is -2.01. The quantitative estimate of drug-likeness (QED) is 0.228. The number of thiazole rings is 1. The number of para-hydroxylation sites is 3. The molecule has 0 N–H and O–H groups in total. The second kappa shape index (κ2) is 8.42. The van der Waals surface area contributed by atoms with E-state index >= 15 is 0 Å². The van der Waals surface area contributed by atoms with Gasteiger partial charge in [-0.2, -0.15) is 0 Å². The minimum Gasteiger partial charge on any atom is -0.295 e. The summed E-state index contributed by atoms with van der Waals surface area (Å²) in [5.74, 6) is 0. The molecule has 3 nitrogen and oxygen atoms in total. The minimum atomic E-state index is 1.06. The van der Waals surface area contributed by atoms with Crippen molar-refractivity contribution in [3.05, 3.63) is 126 Å². The fourth-order valence-electron chi connectivity index (χ4n) is 5.85. The summed E-state index contributed by atoms with van der Waals surface area (Å²) in [4.78, 5) is 4.97. The molecule has 0 bridgehead atoms. The maximum Gasteiger partial charge on any atom is 0.131 e. The van der Waals surface area contributed by atoms with Gasteiger partial charge in [0, 0.05) is 33.1 Å². The van der Waals surface area contributed by atoms with E-state index in [0.717, 1.165) is 27.5 Å². The molecule has 0 aliphatic carbocycles. The lowest BCUT2D eigenvalue weighted by Gasteiger charge is -2.13. The zero-order valence-electron chi connectivity index (χ0n) is 21.7. The van der Waals surface area contributed by atoms with Crippen molar-refractivity contribution in [2.24, 2.45) is 0 Å². The molecule has 0 amide bonds. The molecule has 4 heteroatoms. The van der Waals surface area contributed by atoms with Crippen molar-refractivity contribution in [1.29, 1.82) is 0 Å². The van der Waals surface area contributed by atoms with Gasteiger partial charge in [-0.15, -0.1) is 11.3 Å². The van der Waals surface area contributed by atoms with Gasteiger partial charge in [-0.1, -0.05) is 54.6 Å². The average Bonchev–Trinajstić information content (AvgIpc) is 3.63. The molecule has 8 rings (SSSR count). The summed E-state index contributed by atoms with van der Waals surface area (Å²) in [5.41, 5.74) is 10.7. The molecule has 0 aliphatic rings. The van der Waals surface area contributed by atoms with E-state index < -0.39 is 0 Å². The Bertz CT molecular complexity index is 2140. The maximum atomic E-state index is 4.97. The first kappa shape index (κ1) is 22.3. The van der Waals surface area contributed by atoms with E-state index in [1.807, 2.05) is 0 Å². The summed E-state index contributed by atoms with van der Waals surface area (Å²) in [7, 11) is 0. The zero-order chi connectivity index (χ0) is 26.1. The largest absolute Gasteiger partial charge is 0.295 e. The van der Waals surface area contributed by atoms with Gasteiger partial charge in [0.05, 0.1) is 21.3 Å². The molecular formula is C35H25N3S. The molecule has 0 spiro atoms. The number of hydrogen-bond donors (Lipinski definition) is 0. The molecule has 39 heavy (non-hydrogen) atoms. The minimum absolute atomic E-state index is 1.06. The standard InChI is InChI=1S/C35H25N3S/c1-22-20-29-32(21-23(22)2)39-34(36-29)24-16-18-26(19-17-24)38-31-15-9-7-13-28(31)33-27-12-6-8-14-30(27)37(35(33)38)25-10-4-3-5-11-25/h3-21H,1-2H3. The number of nitrogens with zero attached hydrogens (tertiary/aromatic N) is 3. The topological polar surface area (TPSA) is 22.8 Å². The Morgan fingerprint density at radius 2 is 1.15 bits per heavy atom. The normalized spacial score (nSPS) is 11.8. The second-order valence-electron chi connectivity index (χ2n) is 10.2. The molecule has 186 valence electrons. The summed E-state index contributed by atoms with van der Waals surface area (Å²) < 4.78 is 6.05. The van der Waals surface area contributed by atoms with Crippen molar-refractivity contribution in [2.75, 3.05) is 0 Å². The monoisotopic (exact) mass is 519 g/mol. The van der Waals surface area contributed by atoms with Crippen molar-refractivity contribution >= 4 is 54.4 Å². The highest BCUT2D eigenvalue weighted by molar-refractivity contribution is 7.21. The summed E-state index contributed by atoms with van der Waals surface area (Å²) in [6, 6.07) is 41.5. The number of rotatable bonds is 3. The third-order valence-electron chi connectivity index (χ3n) is 7.87. The smallest absolute Gasteiger partial charge is 0.131 e. The third kappa shape index (κ3) is 3.32. The summed E-state index contributed by atoms with van der Waals surface area (Å²) in [6.07, 6.45) is 0. The van der Waals surface area contributed by atoms with Crippen molar-refractivity contribution in [3.63, 3.8) is 0 Å². The van der Waals surface area contributed by atoms with Crippen LogP contribution in [0.3, 0.4) is 0 Å². The molecule has 0 unspecified atom stereocenters. The van der Waals surface area contributed by atoms with Crippen molar-refractivity contribution in [2.45, 2.75) is 13.8 Å². The zero-order valence-corrected chi connectivity index (χ0v) is 22.5. The van der Waals surface area contributed by atoms with Gasteiger partial charge in [0.2, 0.25) is 0 Å². The van der Waals surface area contributed by atoms with Crippen molar-refractivity contribution in [3.8, 4) is 21.9 Å². The van der Waals surface area contributed by atoms with E-state index in [1.165, 1.54) is 48.7 Å². The molecule has 0 radical (unpaired) electrons. The average molecular weight is 520 g/mol. The fraction of sp³-hybridized carbons (Fsp3) is 0.0571. The molecule has 0 atom stereocenters. The second-order valence-corrected chi connectivity index (χ2v) is 11.2. The van der Waals surface area contributed by atoms with Gasteiger partial charge in [0.25, 0.3) is 0 Å². The van der Waals surface area contributed by atoms with Crippen molar-refractivity contribution in [1.82, 2.24) is 14.1 Å². The molecule has 0 aliphatic heterocycles. The van der Waals surface area contributed by atoms with Crippen LogP contribution in [0.1, 0.15) is 11.1 Å². The van der Waals surface area contributed by atoms with E-state index in [4.69, 9.17) is 4.98 Å². The van der Waals surface area contributed by atoms with Crippen LogP contribution in [-0.4, -0.2) is 14.1 Å². The number of aryl methyl sites for hydroxylation is 2. The van der Waals surface area contributed by atoms with E-state index in [-0.39, 0.29) is 0 Å². The molecule has 5 aromatic carbocycles. The molecule has 3 aromatic heterocycles. The van der Waals surface area contributed by atoms with Gasteiger partial charge in [-0.3, -0.25) is 9.13 Å². The summed E-state index contributed by atoms with van der Waals surface area (Å²) in [5, 5.41) is 4.87. The van der Waals surface area contributed by atoms with Crippen LogP contribution < -0.4 is 0 Å². The van der Waals surface area contributed by atoms with E-state index in [1.54, 1.807) is 11.3 Å². The summed E-state index contributed by atoms with van der Waals surface area (Å²) in [6.45, 7) is 4.32. The van der Waals surface area contributed by atoms with Crippen LogP contribution in [0.4, 0.5) is 0 Å². The number of fused-ring (bicyclic) bond motifs is 6. The predicted molar refractivity (Wildman–Crippen MR) is 166 cm³/mol. The van der Waals surface area contributed by atoms with Crippen LogP contribution in [-0.2, 0) is 0 Å². The summed E-state index contributed by atoms with van der Waals surface area (Å²) >= 11 is 1.76. The Morgan fingerprint density at radius 3 is 1.82 bits per heavy atom. The highest BCUT2D eigenvalue weighted by atomic mass is 32.1. The third-order valence-corrected chi connectivity index (χ3v) is 8.93. The van der Waals surface area contributed by atoms with E-state index in [9.17, 15) is 0 Å². The van der Waals surface area contributed by atoms with Gasteiger partial charge >= 0.3 is 0 Å². The Hall–Kier alpha value is -4.67. The van der Waals surface area contributed by atoms with Gasteiger partial charge in [-0.25, -0.2) is 4.98 Å². The first-order chi connectivity index (χ1) is 19.2. The fourth-order valence-corrected chi connectivity index (χ4v) is 6.91. The van der Waals surface area contributed by atoms with Crippen LogP contribution in [0.15, 0.2) is 115 Å². The molecule has 3 heterocycles. The SMILES string of the molecule is Cc1cc2nc(-c3ccc(-n4c5ccccc5c5c6ccccc6n(-c6ccccc6)c54)cc3)sc2cc1C. The van der Waals surface area contributed by atoms with Gasteiger partial charge in [0.1, 0.15) is 10.7 Å². The number of hydrogen-bond acceptors (Lipinski definition) is 2. The van der Waals surface area contributed by atoms with E-state index in [2.05, 4.69) is 138 Å². The molecular weight excluding hydrogens is 494 g/mol. The van der Waals surface area contributed by atoms with Crippen LogP contribution in [0.5, 0.6) is 0 Å². The highest BCUT2D eigenvalue weighted by Crippen LogP contribution is 2.41. The predicted octanol–water partition coefficient (Wildman–Crippen LogP) is 9.62.